The molecule has 1 aliphatic heterocycles. The van der Waals surface area contributed by atoms with Gasteiger partial charge in [0.05, 0.1) is 0 Å². The van der Waals surface area contributed by atoms with Crippen LogP contribution in [0.25, 0.3) is 11.3 Å². The summed E-state index contributed by atoms with van der Waals surface area (Å²) in [5.41, 5.74) is 3.16. The topological polar surface area (TPSA) is 26.0 Å². The van der Waals surface area contributed by atoms with Crippen LogP contribution in [0.3, 0.4) is 0 Å². The molecule has 0 radical (unpaired) electrons. The number of hydrogen-bond donors (Lipinski definition) is 0. The van der Waals surface area contributed by atoms with Crippen molar-refractivity contribution in [3.63, 3.8) is 0 Å². The van der Waals surface area contributed by atoms with Crippen LogP contribution < -0.4 is 0 Å². The number of fused-ring (bicyclic) bond motifs is 3. The third-order valence-corrected chi connectivity index (χ3v) is 3.58. The first-order chi connectivity index (χ1) is 6.84. The van der Waals surface area contributed by atoms with Gasteiger partial charge in [0.2, 0.25) is 0 Å². The summed E-state index contributed by atoms with van der Waals surface area (Å²) in [6.45, 7) is 0. The van der Waals surface area contributed by atoms with Crippen LogP contribution >= 0.6 is 23.4 Å². The predicted molar refractivity (Wildman–Crippen MR) is 56.5 cm³/mol. The van der Waals surface area contributed by atoms with Gasteiger partial charge < -0.3 is 4.52 Å². The van der Waals surface area contributed by atoms with Gasteiger partial charge in [0.1, 0.15) is 12.0 Å². The van der Waals surface area contributed by atoms with Gasteiger partial charge in [0.15, 0.2) is 0 Å². The molecular weight excluding hydrogens is 218 g/mol. The highest BCUT2D eigenvalue weighted by atomic mass is 35.5. The number of nitrogens with zero attached hydrogens (tertiary/aromatic N) is 1. The van der Waals surface area contributed by atoms with Crippen LogP contribution in [0, 0.1) is 0 Å². The van der Waals surface area contributed by atoms with Crippen LogP contribution in [-0.4, -0.2) is 5.16 Å². The Balaban J connectivity index is 2.28. The van der Waals surface area contributed by atoms with Crippen molar-refractivity contribution in [2.75, 3.05) is 0 Å². The summed E-state index contributed by atoms with van der Waals surface area (Å²) in [5.74, 6) is 0.924. The van der Waals surface area contributed by atoms with Gasteiger partial charge in [-0.3, -0.25) is 0 Å². The molecule has 3 rings (SSSR count). The van der Waals surface area contributed by atoms with E-state index in [9.17, 15) is 0 Å². The van der Waals surface area contributed by atoms with Gasteiger partial charge in [-0.15, -0.1) is 11.8 Å². The fraction of sp³-hybridized carbons (Fsp3) is 0.100. The lowest BCUT2D eigenvalue weighted by Gasteiger charge is -2.13. The summed E-state index contributed by atoms with van der Waals surface area (Å²) < 4.78 is 4.96. The second-order valence-corrected chi connectivity index (χ2v) is 4.57. The third kappa shape index (κ3) is 1.16. The minimum Gasteiger partial charge on any atom is -0.364 e. The Morgan fingerprint density at radius 1 is 1.43 bits per heavy atom. The number of thioether (sulfide) groups is 1. The van der Waals surface area contributed by atoms with E-state index in [0.717, 1.165) is 27.6 Å². The van der Waals surface area contributed by atoms with E-state index in [1.807, 2.05) is 18.2 Å². The van der Waals surface area contributed by atoms with Gasteiger partial charge in [-0.25, -0.2) is 0 Å². The smallest absolute Gasteiger partial charge is 0.128 e. The second-order valence-electron chi connectivity index (χ2n) is 3.12. The molecule has 70 valence electrons. The molecule has 1 aromatic carbocycles. The standard InChI is InChI=1S/C10H6ClNOS/c11-7-1-2-9-8(3-7)10-6(5-14-9)4-13-12-10/h1-4H,5H2. The fourth-order valence-corrected chi connectivity index (χ4v) is 2.71. The summed E-state index contributed by atoms with van der Waals surface area (Å²) >= 11 is 7.73. The van der Waals surface area contributed by atoms with Crippen LogP contribution in [0.4, 0.5) is 0 Å². The van der Waals surface area contributed by atoms with E-state index in [0.29, 0.717) is 0 Å². The molecule has 0 saturated heterocycles. The van der Waals surface area contributed by atoms with Crippen molar-refractivity contribution >= 4 is 23.4 Å². The van der Waals surface area contributed by atoms with Gasteiger partial charge >= 0.3 is 0 Å². The average Bonchev–Trinajstić information content (AvgIpc) is 2.65. The normalized spacial score (nSPS) is 13.5. The molecule has 0 fully saturated rings. The Bertz CT molecular complexity index is 495. The van der Waals surface area contributed by atoms with Crippen LogP contribution in [0.5, 0.6) is 0 Å². The van der Waals surface area contributed by atoms with Crippen LogP contribution in [0.1, 0.15) is 5.56 Å². The quantitative estimate of drug-likeness (QED) is 0.683. The minimum absolute atomic E-state index is 0.736. The molecule has 4 heteroatoms. The molecule has 0 atom stereocenters. The van der Waals surface area contributed by atoms with E-state index in [2.05, 4.69) is 5.16 Å². The van der Waals surface area contributed by atoms with E-state index in [4.69, 9.17) is 16.1 Å². The molecule has 2 heterocycles. The SMILES string of the molecule is Clc1ccc2c(c1)-c1nocc1CS2. The highest BCUT2D eigenvalue weighted by molar-refractivity contribution is 7.98. The molecule has 0 saturated carbocycles. The van der Waals surface area contributed by atoms with Gasteiger partial charge in [0.25, 0.3) is 0 Å². The van der Waals surface area contributed by atoms with Crippen molar-refractivity contribution in [3.8, 4) is 11.3 Å². The number of hydrogen-bond acceptors (Lipinski definition) is 3. The van der Waals surface area contributed by atoms with Crippen LogP contribution in [0.15, 0.2) is 33.9 Å². The lowest BCUT2D eigenvalue weighted by molar-refractivity contribution is 0.421. The average molecular weight is 224 g/mol. The van der Waals surface area contributed by atoms with Crippen molar-refractivity contribution in [1.29, 1.82) is 0 Å². The van der Waals surface area contributed by atoms with Gasteiger partial charge in [-0.2, -0.15) is 0 Å². The summed E-state index contributed by atoms with van der Waals surface area (Å²) in [4.78, 5) is 1.22. The number of rotatable bonds is 0. The number of halogens is 1. The first-order valence-corrected chi connectivity index (χ1v) is 5.57. The predicted octanol–water partition coefficient (Wildman–Crippen LogP) is 3.60. The molecule has 0 bridgehead atoms. The Morgan fingerprint density at radius 2 is 2.36 bits per heavy atom. The highest BCUT2D eigenvalue weighted by Crippen LogP contribution is 2.41. The maximum atomic E-state index is 5.94. The zero-order valence-electron chi connectivity index (χ0n) is 7.16. The van der Waals surface area contributed by atoms with E-state index < -0.39 is 0 Å². The van der Waals surface area contributed by atoms with Crippen molar-refractivity contribution in [2.24, 2.45) is 0 Å². The molecule has 0 amide bonds. The van der Waals surface area contributed by atoms with E-state index in [-0.39, 0.29) is 0 Å². The fourth-order valence-electron chi connectivity index (χ4n) is 1.55. The van der Waals surface area contributed by atoms with Crippen molar-refractivity contribution < 1.29 is 4.52 Å². The summed E-state index contributed by atoms with van der Waals surface area (Å²) in [5, 5.41) is 4.73. The highest BCUT2D eigenvalue weighted by Gasteiger charge is 2.19. The zero-order chi connectivity index (χ0) is 9.54. The Labute approximate surface area is 90.2 Å². The van der Waals surface area contributed by atoms with Gasteiger partial charge in [0, 0.05) is 26.8 Å². The summed E-state index contributed by atoms with van der Waals surface area (Å²) in [7, 11) is 0. The Kier molecular flexibility index (Phi) is 1.82. The van der Waals surface area contributed by atoms with Gasteiger partial charge in [-0.1, -0.05) is 16.8 Å². The molecule has 2 nitrogen and oxygen atoms in total. The van der Waals surface area contributed by atoms with Gasteiger partial charge in [-0.05, 0) is 18.2 Å². The van der Waals surface area contributed by atoms with Crippen molar-refractivity contribution in [2.45, 2.75) is 10.6 Å². The van der Waals surface area contributed by atoms with Crippen LogP contribution in [0.2, 0.25) is 5.02 Å². The molecule has 0 unspecified atom stereocenters. The molecule has 0 aliphatic carbocycles. The maximum absolute atomic E-state index is 5.94. The second kappa shape index (κ2) is 3.04. The molecule has 0 N–H and O–H groups in total. The monoisotopic (exact) mass is 223 g/mol. The summed E-state index contributed by atoms with van der Waals surface area (Å²) in [6.07, 6.45) is 1.70. The van der Waals surface area contributed by atoms with E-state index >= 15 is 0 Å². The maximum Gasteiger partial charge on any atom is 0.128 e. The zero-order valence-corrected chi connectivity index (χ0v) is 8.73. The Morgan fingerprint density at radius 3 is 3.29 bits per heavy atom. The minimum atomic E-state index is 0.736. The van der Waals surface area contributed by atoms with Crippen LogP contribution in [-0.2, 0) is 5.75 Å². The first kappa shape index (κ1) is 8.38. The van der Waals surface area contributed by atoms with Crippen molar-refractivity contribution in [1.82, 2.24) is 5.16 Å². The molecule has 1 aliphatic rings. The molecule has 14 heavy (non-hydrogen) atoms. The Hall–Kier alpha value is -0.930. The lowest BCUT2D eigenvalue weighted by atomic mass is 10.1. The molecular formula is C10H6ClNOS. The largest absolute Gasteiger partial charge is 0.364 e. The van der Waals surface area contributed by atoms with Crippen molar-refractivity contribution in [3.05, 3.63) is 35.0 Å². The first-order valence-electron chi connectivity index (χ1n) is 4.20. The summed E-state index contributed by atoms with van der Waals surface area (Å²) in [6, 6.07) is 5.86. The third-order valence-electron chi connectivity index (χ3n) is 2.22. The van der Waals surface area contributed by atoms with E-state index in [1.165, 1.54) is 4.90 Å². The molecule has 0 spiro atoms. The lowest BCUT2D eigenvalue weighted by Crippen LogP contribution is -1.93. The molecule has 1 aromatic heterocycles. The molecule has 2 aromatic rings. The number of benzene rings is 1. The number of aromatic nitrogens is 1. The van der Waals surface area contributed by atoms with E-state index in [1.54, 1.807) is 18.0 Å².